The van der Waals surface area contributed by atoms with E-state index in [4.69, 9.17) is 4.74 Å². The Labute approximate surface area is 153 Å². The molecule has 0 saturated carbocycles. The number of sulfonamides is 1. The standard InChI is InChI=1S/C19H22N2O4S/c1-15-4-2-5-16(12-15)14-20-26(23,24)18-7-3-6-17(13-18)19(22)21-8-10-25-11-9-21/h2-7,12-13,20H,8-11,14H2,1H3. The maximum atomic E-state index is 12.6. The van der Waals surface area contributed by atoms with Crippen molar-refractivity contribution >= 4 is 15.9 Å². The third-order valence-electron chi connectivity index (χ3n) is 4.24. The molecular formula is C19H22N2O4S. The van der Waals surface area contributed by atoms with E-state index in [2.05, 4.69) is 4.72 Å². The predicted octanol–water partition coefficient (Wildman–Crippen LogP) is 1.95. The zero-order chi connectivity index (χ0) is 18.6. The number of carbonyl (C=O) groups excluding carboxylic acids is 1. The number of amides is 1. The largest absolute Gasteiger partial charge is 0.378 e. The van der Waals surface area contributed by atoms with Crippen molar-refractivity contribution in [3.63, 3.8) is 0 Å². The van der Waals surface area contributed by atoms with Crippen molar-refractivity contribution < 1.29 is 17.9 Å². The number of morpholine rings is 1. The van der Waals surface area contributed by atoms with Gasteiger partial charge in [0.15, 0.2) is 0 Å². The van der Waals surface area contributed by atoms with Gasteiger partial charge in [0.2, 0.25) is 10.0 Å². The molecule has 6 nitrogen and oxygen atoms in total. The highest BCUT2D eigenvalue weighted by atomic mass is 32.2. The van der Waals surface area contributed by atoms with Gasteiger partial charge in [0, 0.05) is 25.2 Å². The van der Waals surface area contributed by atoms with E-state index in [1.807, 2.05) is 31.2 Å². The minimum Gasteiger partial charge on any atom is -0.378 e. The molecule has 0 radical (unpaired) electrons. The number of carbonyl (C=O) groups is 1. The van der Waals surface area contributed by atoms with Gasteiger partial charge in [0.1, 0.15) is 0 Å². The van der Waals surface area contributed by atoms with Crippen molar-refractivity contribution in [1.82, 2.24) is 9.62 Å². The molecule has 0 spiro atoms. The van der Waals surface area contributed by atoms with Gasteiger partial charge in [-0.05, 0) is 30.7 Å². The van der Waals surface area contributed by atoms with Crippen LogP contribution >= 0.6 is 0 Å². The molecule has 3 rings (SSSR count). The number of ether oxygens (including phenoxy) is 1. The van der Waals surface area contributed by atoms with E-state index in [-0.39, 0.29) is 17.3 Å². The average molecular weight is 374 g/mol. The summed E-state index contributed by atoms with van der Waals surface area (Å²) in [5.41, 5.74) is 2.32. The Morgan fingerprint density at radius 2 is 1.85 bits per heavy atom. The van der Waals surface area contributed by atoms with Gasteiger partial charge in [0.25, 0.3) is 5.91 Å². The van der Waals surface area contributed by atoms with E-state index in [1.54, 1.807) is 17.0 Å². The smallest absolute Gasteiger partial charge is 0.254 e. The zero-order valence-electron chi connectivity index (χ0n) is 14.6. The molecule has 1 heterocycles. The highest BCUT2D eigenvalue weighted by molar-refractivity contribution is 7.89. The topological polar surface area (TPSA) is 75.7 Å². The van der Waals surface area contributed by atoms with Crippen molar-refractivity contribution in [2.75, 3.05) is 26.3 Å². The van der Waals surface area contributed by atoms with E-state index in [9.17, 15) is 13.2 Å². The SMILES string of the molecule is Cc1cccc(CNS(=O)(=O)c2cccc(C(=O)N3CCOCC3)c2)c1. The Morgan fingerprint density at radius 1 is 1.12 bits per heavy atom. The van der Waals surface area contributed by atoms with Crippen LogP contribution in [0.4, 0.5) is 0 Å². The Kier molecular flexibility index (Phi) is 5.70. The van der Waals surface area contributed by atoms with Crippen molar-refractivity contribution in [2.24, 2.45) is 0 Å². The minimum absolute atomic E-state index is 0.0873. The predicted molar refractivity (Wildman–Crippen MR) is 98.4 cm³/mol. The lowest BCUT2D eigenvalue weighted by Gasteiger charge is -2.27. The van der Waals surface area contributed by atoms with Gasteiger partial charge in [0.05, 0.1) is 18.1 Å². The Morgan fingerprint density at radius 3 is 2.58 bits per heavy atom. The van der Waals surface area contributed by atoms with Crippen LogP contribution in [0.1, 0.15) is 21.5 Å². The van der Waals surface area contributed by atoms with Crippen molar-refractivity contribution in [3.8, 4) is 0 Å². The molecule has 2 aromatic carbocycles. The number of benzene rings is 2. The molecule has 0 atom stereocenters. The molecule has 7 heteroatoms. The molecular weight excluding hydrogens is 352 g/mol. The van der Waals surface area contributed by atoms with Crippen LogP contribution in [0.15, 0.2) is 53.4 Å². The second kappa shape index (κ2) is 7.99. The monoisotopic (exact) mass is 374 g/mol. The van der Waals surface area contributed by atoms with E-state index in [1.165, 1.54) is 12.1 Å². The van der Waals surface area contributed by atoms with Crippen LogP contribution in [-0.4, -0.2) is 45.5 Å². The first-order valence-corrected chi connectivity index (χ1v) is 9.96. The normalized spacial score (nSPS) is 15.0. The van der Waals surface area contributed by atoms with Crippen LogP contribution in [0.2, 0.25) is 0 Å². The summed E-state index contributed by atoms with van der Waals surface area (Å²) in [4.78, 5) is 14.3. The van der Waals surface area contributed by atoms with Gasteiger partial charge in [-0.1, -0.05) is 35.9 Å². The van der Waals surface area contributed by atoms with Crippen LogP contribution in [0.5, 0.6) is 0 Å². The summed E-state index contributed by atoms with van der Waals surface area (Å²) in [5, 5.41) is 0. The molecule has 0 aromatic heterocycles. The van der Waals surface area contributed by atoms with Gasteiger partial charge in [-0.25, -0.2) is 13.1 Å². The molecule has 1 aliphatic heterocycles. The van der Waals surface area contributed by atoms with Crippen molar-refractivity contribution in [3.05, 3.63) is 65.2 Å². The molecule has 1 amide bonds. The van der Waals surface area contributed by atoms with E-state index >= 15 is 0 Å². The second-order valence-electron chi connectivity index (χ2n) is 6.25. The summed E-state index contributed by atoms with van der Waals surface area (Å²) in [6, 6.07) is 13.8. The van der Waals surface area contributed by atoms with Gasteiger partial charge in [-0.2, -0.15) is 0 Å². The van der Waals surface area contributed by atoms with Crippen LogP contribution in [0, 0.1) is 6.92 Å². The summed E-state index contributed by atoms with van der Waals surface area (Å²) in [6.07, 6.45) is 0. The molecule has 138 valence electrons. The molecule has 26 heavy (non-hydrogen) atoms. The maximum absolute atomic E-state index is 12.6. The van der Waals surface area contributed by atoms with Gasteiger partial charge in [-0.15, -0.1) is 0 Å². The van der Waals surface area contributed by atoms with Crippen LogP contribution in [-0.2, 0) is 21.3 Å². The van der Waals surface area contributed by atoms with Crippen LogP contribution < -0.4 is 4.72 Å². The lowest BCUT2D eigenvalue weighted by molar-refractivity contribution is 0.0302. The number of nitrogens with zero attached hydrogens (tertiary/aromatic N) is 1. The molecule has 2 aromatic rings. The molecule has 0 bridgehead atoms. The second-order valence-corrected chi connectivity index (χ2v) is 8.01. The molecule has 0 unspecified atom stereocenters. The highest BCUT2D eigenvalue weighted by Crippen LogP contribution is 2.15. The van der Waals surface area contributed by atoms with Crippen molar-refractivity contribution in [2.45, 2.75) is 18.4 Å². The van der Waals surface area contributed by atoms with Crippen molar-refractivity contribution in [1.29, 1.82) is 0 Å². The molecule has 1 fully saturated rings. The third kappa shape index (κ3) is 4.49. The lowest BCUT2D eigenvalue weighted by atomic mass is 10.1. The highest BCUT2D eigenvalue weighted by Gasteiger charge is 2.21. The first-order chi connectivity index (χ1) is 12.5. The summed E-state index contributed by atoms with van der Waals surface area (Å²) < 4.78 is 33.0. The number of aryl methyl sites for hydroxylation is 1. The van der Waals surface area contributed by atoms with Crippen LogP contribution in [0.25, 0.3) is 0 Å². The van der Waals surface area contributed by atoms with E-state index in [0.717, 1.165) is 11.1 Å². The minimum atomic E-state index is -3.70. The summed E-state index contributed by atoms with van der Waals surface area (Å²) >= 11 is 0. The van der Waals surface area contributed by atoms with Gasteiger partial charge in [-0.3, -0.25) is 4.79 Å². The fourth-order valence-electron chi connectivity index (χ4n) is 2.83. The number of nitrogens with one attached hydrogen (secondary N) is 1. The Bertz CT molecular complexity index is 890. The number of hydrogen-bond acceptors (Lipinski definition) is 4. The molecule has 1 aliphatic rings. The Balaban J connectivity index is 1.74. The average Bonchev–Trinajstić information content (AvgIpc) is 2.67. The summed E-state index contributed by atoms with van der Waals surface area (Å²) in [6.45, 7) is 4.19. The summed E-state index contributed by atoms with van der Waals surface area (Å²) in [7, 11) is -3.70. The number of hydrogen-bond donors (Lipinski definition) is 1. The molecule has 1 saturated heterocycles. The lowest BCUT2D eigenvalue weighted by Crippen LogP contribution is -2.40. The fourth-order valence-corrected chi connectivity index (χ4v) is 3.89. The van der Waals surface area contributed by atoms with Gasteiger partial charge >= 0.3 is 0 Å². The van der Waals surface area contributed by atoms with Crippen LogP contribution in [0.3, 0.4) is 0 Å². The van der Waals surface area contributed by atoms with E-state index in [0.29, 0.717) is 31.9 Å². The van der Waals surface area contributed by atoms with Gasteiger partial charge < -0.3 is 9.64 Å². The molecule has 1 N–H and O–H groups in total. The zero-order valence-corrected chi connectivity index (χ0v) is 15.5. The number of rotatable bonds is 5. The summed E-state index contributed by atoms with van der Waals surface area (Å²) in [5.74, 6) is -0.177. The maximum Gasteiger partial charge on any atom is 0.254 e. The fraction of sp³-hybridized carbons (Fsp3) is 0.316. The first kappa shape index (κ1) is 18.6. The molecule has 0 aliphatic carbocycles. The quantitative estimate of drug-likeness (QED) is 0.868. The first-order valence-electron chi connectivity index (χ1n) is 8.48. The van der Waals surface area contributed by atoms with E-state index < -0.39 is 10.0 Å². The Hall–Kier alpha value is -2.22. The third-order valence-corrected chi connectivity index (χ3v) is 5.64.